The van der Waals surface area contributed by atoms with E-state index in [-0.39, 0.29) is 41.1 Å². The molecule has 0 saturated carbocycles. The van der Waals surface area contributed by atoms with Gasteiger partial charge in [-0.1, -0.05) is 97.1 Å². The summed E-state index contributed by atoms with van der Waals surface area (Å²) in [7, 11) is 0. The molecule has 3 aromatic carbocycles. The second-order valence-corrected chi connectivity index (χ2v) is 6.26. The standard InChI is InChI=1S/C8H8F2.C7H6ClF.C7H8.C2H6.4CH4/c1-5-3-7(9)6(2)8(10)4-5;1-5-6(8)3-2-4-7(5)9;1-7-5-3-2-4-6-7;1-2;;;;/h3-4H,1-2H3;2-4H,1H3;2-6H,1H3;1-2H3;4*1H4. The molecular weight excluding hydrogens is 429 g/mol. The Morgan fingerprint density at radius 1 is 0.531 bits per heavy atom. The molecule has 3 aromatic rings. The summed E-state index contributed by atoms with van der Waals surface area (Å²) in [6.07, 6.45) is 0. The van der Waals surface area contributed by atoms with Gasteiger partial charge in [-0.05, 0) is 57.5 Å². The van der Waals surface area contributed by atoms with Crippen molar-refractivity contribution in [1.82, 2.24) is 0 Å². The van der Waals surface area contributed by atoms with Crippen molar-refractivity contribution in [2.24, 2.45) is 0 Å². The minimum Gasteiger partial charge on any atom is -0.207 e. The van der Waals surface area contributed by atoms with Gasteiger partial charge in [0.1, 0.15) is 17.5 Å². The first kappa shape index (κ1) is 40.1. The fourth-order valence-corrected chi connectivity index (χ4v) is 2.05. The van der Waals surface area contributed by atoms with E-state index in [9.17, 15) is 13.2 Å². The molecule has 0 radical (unpaired) electrons. The first-order valence-corrected chi connectivity index (χ1v) is 9.44. The van der Waals surface area contributed by atoms with E-state index in [1.165, 1.54) is 30.7 Å². The molecule has 0 aliphatic heterocycles. The van der Waals surface area contributed by atoms with Crippen LogP contribution in [0, 0.1) is 45.1 Å². The summed E-state index contributed by atoms with van der Waals surface area (Å²) in [6, 6.07) is 17.5. The molecule has 0 amide bonds. The van der Waals surface area contributed by atoms with Crippen LogP contribution in [-0.4, -0.2) is 0 Å². The van der Waals surface area contributed by atoms with Crippen LogP contribution in [0.4, 0.5) is 13.2 Å². The molecule has 0 heterocycles. The van der Waals surface area contributed by atoms with Gasteiger partial charge in [0.15, 0.2) is 0 Å². The molecule has 0 fully saturated rings. The van der Waals surface area contributed by atoms with Gasteiger partial charge in [-0.15, -0.1) is 0 Å². The van der Waals surface area contributed by atoms with Gasteiger partial charge in [0.2, 0.25) is 0 Å². The van der Waals surface area contributed by atoms with Crippen LogP contribution in [0.5, 0.6) is 0 Å². The second kappa shape index (κ2) is 22.0. The predicted octanol–water partition coefficient (Wildman–Crippen LogP) is 10.9. The predicted molar refractivity (Wildman–Crippen MR) is 141 cm³/mol. The average Bonchev–Trinajstić information content (AvgIpc) is 2.67. The molecule has 0 aliphatic carbocycles. The number of hydrogen-bond acceptors (Lipinski definition) is 0. The fraction of sp³-hybridized carbons (Fsp3) is 0.357. The molecule has 32 heavy (non-hydrogen) atoms. The van der Waals surface area contributed by atoms with E-state index in [1.54, 1.807) is 26.0 Å². The molecule has 184 valence electrons. The Balaban J connectivity index is -0.000000104. The molecule has 4 heteroatoms. The zero-order valence-corrected chi connectivity index (χ0v) is 18.0. The van der Waals surface area contributed by atoms with Crippen molar-refractivity contribution in [2.75, 3.05) is 0 Å². The number of halogens is 4. The Labute approximate surface area is 201 Å². The zero-order chi connectivity index (χ0) is 21.7. The quantitative estimate of drug-likeness (QED) is 0.305. The average molecular weight is 473 g/mol. The number of benzene rings is 3. The Morgan fingerprint density at radius 3 is 1.28 bits per heavy atom. The smallest absolute Gasteiger partial charge is 0.129 e. The first-order chi connectivity index (χ1) is 13.2. The van der Waals surface area contributed by atoms with E-state index in [0.29, 0.717) is 16.1 Å². The first-order valence-electron chi connectivity index (χ1n) is 9.07. The minimum absolute atomic E-state index is 0. The van der Waals surface area contributed by atoms with E-state index in [1.807, 2.05) is 32.0 Å². The van der Waals surface area contributed by atoms with Crippen LogP contribution in [0.15, 0.2) is 60.7 Å². The van der Waals surface area contributed by atoms with Crippen molar-refractivity contribution in [2.45, 2.75) is 71.2 Å². The summed E-state index contributed by atoms with van der Waals surface area (Å²) in [5.74, 6) is -1.20. The van der Waals surface area contributed by atoms with Crippen molar-refractivity contribution in [3.05, 3.63) is 105 Å². The Bertz CT molecular complexity index is 788. The second-order valence-electron chi connectivity index (χ2n) is 5.85. The summed E-state index contributed by atoms with van der Waals surface area (Å²) in [6.45, 7) is 10.8. The van der Waals surface area contributed by atoms with E-state index < -0.39 is 11.6 Å². The SMILES string of the molecule is C.C.C.C.CC.Cc1c(F)cccc1Cl.Cc1cc(F)c(C)c(F)c1.Cc1ccccc1. The van der Waals surface area contributed by atoms with Gasteiger partial charge in [0.25, 0.3) is 0 Å². The highest BCUT2D eigenvalue weighted by Crippen LogP contribution is 2.16. The molecule has 0 bridgehead atoms. The number of hydrogen-bond donors (Lipinski definition) is 0. The van der Waals surface area contributed by atoms with Crippen LogP contribution in [0.25, 0.3) is 0 Å². The molecule has 0 aliphatic rings. The van der Waals surface area contributed by atoms with Gasteiger partial charge in [-0.3, -0.25) is 0 Å². The molecule has 0 aromatic heterocycles. The maximum absolute atomic E-state index is 12.6. The summed E-state index contributed by atoms with van der Waals surface area (Å²) in [5.41, 5.74) is 2.54. The lowest BCUT2D eigenvalue weighted by Crippen LogP contribution is -1.88. The molecule has 0 unspecified atom stereocenters. The van der Waals surface area contributed by atoms with Crippen molar-refractivity contribution in [1.29, 1.82) is 0 Å². The van der Waals surface area contributed by atoms with Gasteiger partial charge >= 0.3 is 0 Å². The van der Waals surface area contributed by atoms with Crippen LogP contribution >= 0.6 is 11.6 Å². The zero-order valence-electron chi connectivity index (χ0n) is 17.3. The maximum Gasteiger partial charge on any atom is 0.129 e. The van der Waals surface area contributed by atoms with Gasteiger partial charge in [-0.25, -0.2) is 13.2 Å². The third-order valence-electron chi connectivity index (χ3n) is 3.57. The fourth-order valence-electron chi connectivity index (χ4n) is 1.89. The van der Waals surface area contributed by atoms with Gasteiger partial charge in [0, 0.05) is 16.1 Å². The monoisotopic (exact) mass is 472 g/mol. The number of rotatable bonds is 0. The lowest BCUT2D eigenvalue weighted by molar-refractivity contribution is 0.566. The van der Waals surface area contributed by atoms with E-state index in [4.69, 9.17) is 11.6 Å². The summed E-state index contributed by atoms with van der Waals surface area (Å²) in [4.78, 5) is 0. The molecule has 0 N–H and O–H groups in total. The van der Waals surface area contributed by atoms with E-state index >= 15 is 0 Å². The van der Waals surface area contributed by atoms with Crippen LogP contribution in [0.1, 0.15) is 65.8 Å². The van der Waals surface area contributed by atoms with Crippen molar-refractivity contribution >= 4 is 11.6 Å². The third kappa shape index (κ3) is 15.5. The van der Waals surface area contributed by atoms with Crippen LogP contribution < -0.4 is 0 Å². The molecular formula is C28H44ClF3. The Hall–Kier alpha value is -2.26. The van der Waals surface area contributed by atoms with Gasteiger partial charge in [-0.2, -0.15) is 0 Å². The highest BCUT2D eigenvalue weighted by Gasteiger charge is 2.03. The summed E-state index contributed by atoms with van der Waals surface area (Å²) < 4.78 is 37.7. The van der Waals surface area contributed by atoms with Crippen LogP contribution in [0.3, 0.4) is 0 Å². The molecule has 0 spiro atoms. The van der Waals surface area contributed by atoms with Crippen molar-refractivity contribution in [3.63, 3.8) is 0 Å². The van der Waals surface area contributed by atoms with Crippen LogP contribution in [-0.2, 0) is 0 Å². The van der Waals surface area contributed by atoms with Crippen LogP contribution in [0.2, 0.25) is 5.02 Å². The minimum atomic E-state index is -0.475. The lowest BCUT2D eigenvalue weighted by atomic mass is 10.1. The van der Waals surface area contributed by atoms with Crippen molar-refractivity contribution < 1.29 is 13.2 Å². The van der Waals surface area contributed by atoms with E-state index in [2.05, 4.69) is 19.1 Å². The normalized spacial score (nSPS) is 7.94. The largest absolute Gasteiger partial charge is 0.207 e. The van der Waals surface area contributed by atoms with Gasteiger partial charge < -0.3 is 0 Å². The Morgan fingerprint density at radius 2 is 0.969 bits per heavy atom. The molecule has 3 rings (SSSR count). The third-order valence-corrected chi connectivity index (χ3v) is 3.98. The van der Waals surface area contributed by atoms with E-state index in [0.717, 1.165) is 0 Å². The van der Waals surface area contributed by atoms with Gasteiger partial charge in [0.05, 0.1) is 0 Å². The Kier molecular flexibility index (Phi) is 27.5. The summed E-state index contributed by atoms with van der Waals surface area (Å²) >= 11 is 5.57. The molecule has 0 atom stereocenters. The lowest BCUT2D eigenvalue weighted by Gasteiger charge is -1.98. The van der Waals surface area contributed by atoms with Crippen molar-refractivity contribution in [3.8, 4) is 0 Å². The summed E-state index contributed by atoms with van der Waals surface area (Å²) in [5, 5.41) is 0.481. The highest BCUT2D eigenvalue weighted by atomic mass is 35.5. The molecule has 0 nitrogen and oxygen atoms in total. The topological polar surface area (TPSA) is 0 Å². The highest BCUT2D eigenvalue weighted by molar-refractivity contribution is 6.31. The number of aryl methyl sites for hydroxylation is 2. The maximum atomic E-state index is 12.6. The molecule has 0 saturated heterocycles.